The summed E-state index contributed by atoms with van der Waals surface area (Å²) in [6.45, 7) is 2.32. The van der Waals surface area contributed by atoms with Crippen LogP contribution in [-0.4, -0.2) is 27.0 Å². The van der Waals surface area contributed by atoms with Crippen molar-refractivity contribution in [1.82, 2.24) is 20.8 Å². The summed E-state index contributed by atoms with van der Waals surface area (Å²) in [6.07, 6.45) is 3.04. The van der Waals surface area contributed by atoms with Crippen molar-refractivity contribution in [3.63, 3.8) is 0 Å². The molecule has 0 saturated heterocycles. The maximum atomic E-state index is 12.8. The number of carbonyl (C=O) groups is 2. The highest BCUT2D eigenvalue weighted by atomic mass is 16.5. The van der Waals surface area contributed by atoms with Gasteiger partial charge in [0, 0.05) is 34.6 Å². The van der Waals surface area contributed by atoms with E-state index in [1.54, 1.807) is 54.3 Å². The van der Waals surface area contributed by atoms with E-state index in [4.69, 9.17) is 9.94 Å². The highest BCUT2D eigenvalue weighted by molar-refractivity contribution is 5.95. The first-order valence-corrected chi connectivity index (χ1v) is 10.8. The monoisotopic (exact) mass is 456 g/mol. The van der Waals surface area contributed by atoms with E-state index in [1.807, 2.05) is 37.3 Å². The van der Waals surface area contributed by atoms with Crippen molar-refractivity contribution >= 4 is 22.7 Å². The van der Waals surface area contributed by atoms with Crippen LogP contribution in [0.2, 0.25) is 0 Å². The third-order valence-electron chi connectivity index (χ3n) is 5.35. The third-order valence-corrected chi connectivity index (χ3v) is 5.35. The number of carbonyl (C=O) groups excluding carboxylic acids is 2. The van der Waals surface area contributed by atoms with E-state index in [-0.39, 0.29) is 12.3 Å². The lowest BCUT2D eigenvalue weighted by atomic mass is 10.0. The standard InChI is InChI=1S/C26H24N4O4/c1-17-13-20(22-6-2-3-7-23(22)28-17)16-34-21-10-8-18(9-11-21)26(32)29-24(14-25(31)30-33)19-5-4-12-27-15-19/h2-13,15,24,33H,14,16H2,1H3,(H,29,32)(H,30,31). The van der Waals surface area contributed by atoms with Crippen LogP contribution in [0.4, 0.5) is 0 Å². The minimum Gasteiger partial charge on any atom is -0.489 e. The Morgan fingerprint density at radius 3 is 2.59 bits per heavy atom. The predicted molar refractivity (Wildman–Crippen MR) is 126 cm³/mol. The summed E-state index contributed by atoms with van der Waals surface area (Å²) in [5.41, 5.74) is 5.54. The quantitative estimate of drug-likeness (QED) is 0.274. The van der Waals surface area contributed by atoms with Crippen LogP contribution in [0.3, 0.4) is 0 Å². The molecular weight excluding hydrogens is 432 g/mol. The zero-order valence-corrected chi connectivity index (χ0v) is 18.6. The van der Waals surface area contributed by atoms with Crippen molar-refractivity contribution in [3.05, 3.63) is 102 Å². The van der Waals surface area contributed by atoms with Gasteiger partial charge >= 0.3 is 0 Å². The summed E-state index contributed by atoms with van der Waals surface area (Å²) < 4.78 is 5.96. The Morgan fingerprint density at radius 1 is 1.06 bits per heavy atom. The van der Waals surface area contributed by atoms with Gasteiger partial charge < -0.3 is 10.1 Å². The largest absolute Gasteiger partial charge is 0.489 e. The van der Waals surface area contributed by atoms with Gasteiger partial charge in [-0.05, 0) is 55.0 Å². The Morgan fingerprint density at radius 2 is 1.85 bits per heavy atom. The molecule has 172 valence electrons. The van der Waals surface area contributed by atoms with Crippen molar-refractivity contribution in [1.29, 1.82) is 0 Å². The number of hydrogen-bond acceptors (Lipinski definition) is 6. The molecule has 2 aromatic carbocycles. The lowest BCUT2D eigenvalue weighted by Crippen LogP contribution is -2.33. The molecule has 2 amide bonds. The van der Waals surface area contributed by atoms with E-state index in [1.165, 1.54) is 0 Å². The lowest BCUT2D eigenvalue weighted by molar-refractivity contribution is -0.129. The molecule has 0 aliphatic heterocycles. The molecule has 0 saturated carbocycles. The van der Waals surface area contributed by atoms with Crippen molar-refractivity contribution in [2.75, 3.05) is 0 Å². The second-order valence-electron chi connectivity index (χ2n) is 7.80. The molecule has 4 rings (SSSR count). The Labute approximate surface area is 196 Å². The molecule has 2 aromatic heterocycles. The van der Waals surface area contributed by atoms with Crippen LogP contribution in [0.15, 0.2) is 79.1 Å². The number of ether oxygens (including phenoxy) is 1. The molecule has 0 aliphatic carbocycles. The Bertz CT molecular complexity index is 1290. The SMILES string of the molecule is Cc1cc(COc2ccc(C(=O)NC(CC(=O)NO)c3cccnc3)cc2)c2ccccc2n1. The van der Waals surface area contributed by atoms with Gasteiger partial charge in [-0.3, -0.25) is 24.8 Å². The van der Waals surface area contributed by atoms with Gasteiger partial charge in [0.2, 0.25) is 5.91 Å². The van der Waals surface area contributed by atoms with Crippen LogP contribution in [0.1, 0.15) is 39.6 Å². The number of rotatable bonds is 8. The Hall–Kier alpha value is -4.30. The van der Waals surface area contributed by atoms with Crippen molar-refractivity contribution in [3.8, 4) is 5.75 Å². The van der Waals surface area contributed by atoms with Crippen LogP contribution < -0.4 is 15.5 Å². The van der Waals surface area contributed by atoms with Crippen LogP contribution in [-0.2, 0) is 11.4 Å². The summed E-state index contributed by atoms with van der Waals surface area (Å²) in [5.74, 6) is -0.350. The second-order valence-corrected chi connectivity index (χ2v) is 7.80. The van der Waals surface area contributed by atoms with Crippen LogP contribution in [0.25, 0.3) is 10.9 Å². The number of amides is 2. The average Bonchev–Trinajstić information content (AvgIpc) is 2.87. The van der Waals surface area contributed by atoms with Gasteiger partial charge in [0.15, 0.2) is 0 Å². The first kappa shape index (κ1) is 22.9. The summed E-state index contributed by atoms with van der Waals surface area (Å²) in [6, 6.07) is 19.5. The molecule has 4 aromatic rings. The summed E-state index contributed by atoms with van der Waals surface area (Å²) in [7, 11) is 0. The highest BCUT2D eigenvalue weighted by Crippen LogP contribution is 2.22. The van der Waals surface area contributed by atoms with Gasteiger partial charge in [-0.15, -0.1) is 0 Å². The van der Waals surface area contributed by atoms with Crippen LogP contribution >= 0.6 is 0 Å². The Balaban J connectivity index is 1.44. The molecule has 0 fully saturated rings. The fourth-order valence-corrected chi connectivity index (χ4v) is 3.68. The normalized spacial score (nSPS) is 11.6. The zero-order valence-electron chi connectivity index (χ0n) is 18.6. The fraction of sp³-hybridized carbons (Fsp3) is 0.154. The molecule has 0 bridgehead atoms. The molecule has 0 spiro atoms. The molecule has 8 heteroatoms. The zero-order chi connectivity index (χ0) is 23.9. The maximum absolute atomic E-state index is 12.8. The summed E-state index contributed by atoms with van der Waals surface area (Å²) >= 11 is 0. The van der Waals surface area contributed by atoms with Gasteiger partial charge in [0.25, 0.3) is 5.91 Å². The van der Waals surface area contributed by atoms with Gasteiger partial charge in [-0.2, -0.15) is 0 Å². The molecule has 2 heterocycles. The number of aryl methyl sites for hydroxylation is 1. The van der Waals surface area contributed by atoms with Crippen molar-refractivity contribution in [2.45, 2.75) is 26.0 Å². The fourth-order valence-electron chi connectivity index (χ4n) is 3.68. The first-order valence-electron chi connectivity index (χ1n) is 10.8. The van der Waals surface area contributed by atoms with E-state index in [0.717, 1.165) is 22.2 Å². The Kier molecular flexibility index (Phi) is 7.10. The maximum Gasteiger partial charge on any atom is 0.251 e. The molecule has 0 aliphatic rings. The molecule has 0 radical (unpaired) electrons. The van der Waals surface area contributed by atoms with E-state index in [9.17, 15) is 9.59 Å². The van der Waals surface area contributed by atoms with Gasteiger partial charge in [0.05, 0.1) is 18.0 Å². The van der Waals surface area contributed by atoms with E-state index >= 15 is 0 Å². The number of hydroxylamine groups is 1. The smallest absolute Gasteiger partial charge is 0.251 e. The van der Waals surface area contributed by atoms with Crippen molar-refractivity contribution < 1.29 is 19.5 Å². The number of para-hydroxylation sites is 1. The number of pyridine rings is 2. The number of hydrogen-bond donors (Lipinski definition) is 3. The summed E-state index contributed by atoms with van der Waals surface area (Å²) in [5, 5.41) is 12.7. The number of benzene rings is 2. The number of nitrogens with zero attached hydrogens (tertiary/aromatic N) is 2. The number of fused-ring (bicyclic) bond motifs is 1. The van der Waals surface area contributed by atoms with E-state index < -0.39 is 11.9 Å². The second kappa shape index (κ2) is 10.5. The molecule has 1 atom stereocenters. The van der Waals surface area contributed by atoms with Crippen LogP contribution in [0.5, 0.6) is 5.75 Å². The highest BCUT2D eigenvalue weighted by Gasteiger charge is 2.19. The molecule has 3 N–H and O–H groups in total. The van der Waals surface area contributed by atoms with E-state index in [2.05, 4.69) is 15.3 Å². The number of nitrogens with one attached hydrogen (secondary N) is 2. The minimum atomic E-state index is -0.646. The van der Waals surface area contributed by atoms with E-state index in [0.29, 0.717) is 23.5 Å². The molecule has 8 nitrogen and oxygen atoms in total. The topological polar surface area (TPSA) is 113 Å². The third kappa shape index (κ3) is 5.54. The van der Waals surface area contributed by atoms with Gasteiger partial charge in [-0.25, -0.2) is 5.48 Å². The minimum absolute atomic E-state index is 0.131. The summed E-state index contributed by atoms with van der Waals surface area (Å²) in [4.78, 5) is 33.1. The number of aromatic nitrogens is 2. The molecular formula is C26H24N4O4. The molecule has 1 unspecified atom stereocenters. The van der Waals surface area contributed by atoms with Gasteiger partial charge in [0.1, 0.15) is 12.4 Å². The first-order chi connectivity index (χ1) is 16.5. The predicted octanol–water partition coefficient (Wildman–Crippen LogP) is 3.88. The molecule has 34 heavy (non-hydrogen) atoms. The lowest BCUT2D eigenvalue weighted by Gasteiger charge is -2.18. The van der Waals surface area contributed by atoms with Crippen LogP contribution in [0, 0.1) is 6.92 Å². The van der Waals surface area contributed by atoms with Gasteiger partial charge in [-0.1, -0.05) is 24.3 Å². The van der Waals surface area contributed by atoms with Crippen molar-refractivity contribution in [2.24, 2.45) is 0 Å². The average molecular weight is 457 g/mol.